The summed E-state index contributed by atoms with van der Waals surface area (Å²) in [6.07, 6.45) is 1.86. The van der Waals surface area contributed by atoms with E-state index in [0.717, 1.165) is 5.69 Å². The Hall–Kier alpha value is -1.72. The van der Waals surface area contributed by atoms with Gasteiger partial charge in [0.1, 0.15) is 0 Å². The third-order valence-corrected chi connectivity index (χ3v) is 3.59. The SMILES string of the molecule is Cc1c(Cl)cnn1CCC(=O)Nc1ccc(Cl)c(N)c1. The Bertz CT molecular complexity index is 639. The van der Waals surface area contributed by atoms with Crippen LogP contribution in [0, 0.1) is 6.92 Å². The van der Waals surface area contributed by atoms with E-state index < -0.39 is 0 Å². The van der Waals surface area contributed by atoms with Crippen LogP contribution in [0.2, 0.25) is 10.0 Å². The normalized spacial score (nSPS) is 10.6. The number of rotatable bonds is 4. The third-order valence-electron chi connectivity index (χ3n) is 2.87. The van der Waals surface area contributed by atoms with Crippen molar-refractivity contribution in [3.8, 4) is 0 Å². The Morgan fingerprint density at radius 1 is 1.40 bits per heavy atom. The minimum Gasteiger partial charge on any atom is -0.397 e. The fourth-order valence-corrected chi connectivity index (χ4v) is 1.96. The molecule has 2 rings (SSSR count). The molecule has 1 heterocycles. The van der Waals surface area contributed by atoms with E-state index in [1.807, 2.05) is 6.92 Å². The van der Waals surface area contributed by atoms with Crippen LogP contribution in [0.25, 0.3) is 0 Å². The average molecular weight is 313 g/mol. The molecule has 106 valence electrons. The Balaban J connectivity index is 1.92. The van der Waals surface area contributed by atoms with Crippen molar-refractivity contribution in [2.24, 2.45) is 0 Å². The van der Waals surface area contributed by atoms with Gasteiger partial charge in [-0.1, -0.05) is 23.2 Å². The molecule has 0 unspecified atom stereocenters. The van der Waals surface area contributed by atoms with E-state index in [2.05, 4.69) is 10.4 Å². The molecule has 0 bridgehead atoms. The number of halogens is 2. The van der Waals surface area contributed by atoms with Crippen molar-refractivity contribution < 1.29 is 4.79 Å². The highest BCUT2D eigenvalue weighted by Crippen LogP contribution is 2.22. The minimum atomic E-state index is -0.127. The first-order chi connectivity index (χ1) is 9.47. The maximum Gasteiger partial charge on any atom is 0.226 e. The van der Waals surface area contributed by atoms with Crippen molar-refractivity contribution in [1.29, 1.82) is 0 Å². The van der Waals surface area contributed by atoms with Gasteiger partial charge in [-0.3, -0.25) is 9.48 Å². The van der Waals surface area contributed by atoms with Gasteiger partial charge in [0.05, 0.1) is 34.2 Å². The van der Waals surface area contributed by atoms with Gasteiger partial charge in [-0.15, -0.1) is 0 Å². The molecule has 3 N–H and O–H groups in total. The first kappa shape index (κ1) is 14.7. The van der Waals surface area contributed by atoms with E-state index in [1.165, 1.54) is 0 Å². The molecule has 0 saturated carbocycles. The van der Waals surface area contributed by atoms with Gasteiger partial charge in [0.2, 0.25) is 5.91 Å². The summed E-state index contributed by atoms with van der Waals surface area (Å²) in [5, 5.41) is 7.90. The molecular formula is C13H14Cl2N4O. The van der Waals surface area contributed by atoms with Crippen molar-refractivity contribution in [3.05, 3.63) is 40.1 Å². The van der Waals surface area contributed by atoms with Crippen LogP contribution < -0.4 is 11.1 Å². The molecule has 2 aromatic rings. The number of benzene rings is 1. The van der Waals surface area contributed by atoms with Crippen LogP contribution in [-0.4, -0.2) is 15.7 Å². The number of amides is 1. The highest BCUT2D eigenvalue weighted by atomic mass is 35.5. The number of nitrogens with zero attached hydrogens (tertiary/aromatic N) is 2. The Kier molecular flexibility index (Phi) is 4.52. The summed E-state index contributed by atoms with van der Waals surface area (Å²) in [7, 11) is 0. The summed E-state index contributed by atoms with van der Waals surface area (Å²) in [5.74, 6) is -0.127. The van der Waals surface area contributed by atoms with Gasteiger partial charge in [0.15, 0.2) is 0 Å². The van der Waals surface area contributed by atoms with Crippen LogP contribution in [0.4, 0.5) is 11.4 Å². The topological polar surface area (TPSA) is 72.9 Å². The summed E-state index contributed by atoms with van der Waals surface area (Å²) >= 11 is 11.7. The molecule has 1 amide bonds. The van der Waals surface area contributed by atoms with E-state index in [0.29, 0.717) is 34.4 Å². The monoisotopic (exact) mass is 312 g/mol. The molecule has 0 aliphatic carbocycles. The van der Waals surface area contributed by atoms with Gasteiger partial charge in [0.25, 0.3) is 0 Å². The third kappa shape index (κ3) is 3.43. The number of nitrogens with one attached hydrogen (secondary N) is 1. The zero-order valence-corrected chi connectivity index (χ0v) is 12.4. The minimum absolute atomic E-state index is 0.127. The van der Waals surface area contributed by atoms with Gasteiger partial charge >= 0.3 is 0 Å². The standard InChI is InChI=1S/C13H14Cl2N4O/c1-8-11(15)7-17-19(8)5-4-13(20)18-9-2-3-10(14)12(16)6-9/h2-3,6-7H,4-5,16H2,1H3,(H,18,20). The van der Waals surface area contributed by atoms with E-state index in [4.69, 9.17) is 28.9 Å². The van der Waals surface area contributed by atoms with E-state index in [-0.39, 0.29) is 5.91 Å². The highest BCUT2D eigenvalue weighted by molar-refractivity contribution is 6.33. The lowest BCUT2D eigenvalue weighted by Crippen LogP contribution is -2.15. The Morgan fingerprint density at radius 3 is 2.75 bits per heavy atom. The number of hydrogen-bond donors (Lipinski definition) is 2. The molecule has 0 saturated heterocycles. The summed E-state index contributed by atoms with van der Waals surface area (Å²) in [6.45, 7) is 2.32. The van der Waals surface area contributed by atoms with Crippen molar-refractivity contribution >= 4 is 40.5 Å². The molecule has 0 aliphatic rings. The molecule has 0 spiro atoms. The van der Waals surface area contributed by atoms with Crippen LogP contribution in [0.3, 0.4) is 0 Å². The zero-order chi connectivity index (χ0) is 14.7. The molecule has 0 radical (unpaired) electrons. The molecule has 20 heavy (non-hydrogen) atoms. The number of hydrogen-bond acceptors (Lipinski definition) is 3. The van der Waals surface area contributed by atoms with Crippen LogP contribution in [-0.2, 0) is 11.3 Å². The largest absolute Gasteiger partial charge is 0.397 e. The number of nitrogens with two attached hydrogens (primary N) is 1. The smallest absolute Gasteiger partial charge is 0.226 e. The maximum absolute atomic E-state index is 11.8. The Morgan fingerprint density at radius 2 is 2.15 bits per heavy atom. The van der Waals surface area contributed by atoms with Gasteiger partial charge < -0.3 is 11.1 Å². The van der Waals surface area contributed by atoms with Gasteiger partial charge in [0, 0.05) is 12.1 Å². The van der Waals surface area contributed by atoms with E-state index >= 15 is 0 Å². The molecule has 0 atom stereocenters. The molecule has 7 heteroatoms. The summed E-state index contributed by atoms with van der Waals surface area (Å²) in [4.78, 5) is 11.8. The fraction of sp³-hybridized carbons (Fsp3) is 0.231. The van der Waals surface area contributed by atoms with Crippen LogP contribution in [0.15, 0.2) is 24.4 Å². The zero-order valence-electron chi connectivity index (χ0n) is 10.9. The average Bonchev–Trinajstić information content (AvgIpc) is 2.72. The van der Waals surface area contributed by atoms with Crippen LogP contribution in [0.1, 0.15) is 12.1 Å². The highest BCUT2D eigenvalue weighted by Gasteiger charge is 2.08. The first-order valence-electron chi connectivity index (χ1n) is 6.00. The second-order valence-electron chi connectivity index (χ2n) is 4.34. The first-order valence-corrected chi connectivity index (χ1v) is 6.75. The molecular weight excluding hydrogens is 299 g/mol. The quantitative estimate of drug-likeness (QED) is 0.852. The van der Waals surface area contributed by atoms with Gasteiger partial charge in [-0.05, 0) is 25.1 Å². The van der Waals surface area contributed by atoms with Crippen molar-refractivity contribution in [3.63, 3.8) is 0 Å². The fourth-order valence-electron chi connectivity index (χ4n) is 1.70. The maximum atomic E-state index is 11.8. The summed E-state index contributed by atoms with van der Waals surface area (Å²) in [5.41, 5.74) is 7.56. The predicted octanol–water partition coefficient (Wildman–Crippen LogP) is 3.11. The molecule has 1 aromatic heterocycles. The van der Waals surface area contributed by atoms with Gasteiger partial charge in [-0.25, -0.2) is 0 Å². The van der Waals surface area contributed by atoms with Crippen molar-refractivity contribution in [2.45, 2.75) is 19.9 Å². The number of carbonyl (C=O) groups excluding carboxylic acids is 1. The predicted molar refractivity (Wildman–Crippen MR) is 81.1 cm³/mol. The lowest BCUT2D eigenvalue weighted by Gasteiger charge is -2.08. The van der Waals surface area contributed by atoms with Gasteiger partial charge in [-0.2, -0.15) is 5.10 Å². The summed E-state index contributed by atoms with van der Waals surface area (Å²) < 4.78 is 1.69. The van der Waals surface area contributed by atoms with E-state index in [9.17, 15) is 4.79 Å². The molecule has 5 nitrogen and oxygen atoms in total. The Labute approximate surface area is 126 Å². The second kappa shape index (κ2) is 6.15. The lowest BCUT2D eigenvalue weighted by atomic mass is 10.2. The number of aryl methyl sites for hydroxylation is 1. The van der Waals surface area contributed by atoms with Crippen molar-refractivity contribution in [1.82, 2.24) is 9.78 Å². The number of nitrogen functional groups attached to an aromatic ring is 1. The van der Waals surface area contributed by atoms with Crippen LogP contribution in [0.5, 0.6) is 0 Å². The number of anilines is 2. The summed E-state index contributed by atoms with van der Waals surface area (Å²) in [6, 6.07) is 4.97. The number of aromatic nitrogens is 2. The molecule has 0 fully saturated rings. The van der Waals surface area contributed by atoms with Crippen LogP contribution >= 0.6 is 23.2 Å². The second-order valence-corrected chi connectivity index (χ2v) is 5.15. The van der Waals surface area contributed by atoms with Crippen molar-refractivity contribution in [2.75, 3.05) is 11.1 Å². The van der Waals surface area contributed by atoms with E-state index in [1.54, 1.807) is 29.1 Å². The molecule has 0 aliphatic heterocycles. The lowest BCUT2D eigenvalue weighted by molar-refractivity contribution is -0.116. The number of carbonyl (C=O) groups is 1. The molecule has 1 aromatic carbocycles.